The Kier molecular flexibility index (Phi) is 12.7. The highest BCUT2D eigenvalue weighted by Crippen LogP contribution is 2.16. The van der Waals surface area contributed by atoms with Gasteiger partial charge in [-0.2, -0.15) is 0 Å². The van der Waals surface area contributed by atoms with Gasteiger partial charge in [0.25, 0.3) is 0 Å². The molecule has 8 heteroatoms. The molecule has 2 unspecified atom stereocenters. The maximum absolute atomic E-state index is 11.5. The summed E-state index contributed by atoms with van der Waals surface area (Å²) >= 11 is 0. The third-order valence-electron chi connectivity index (χ3n) is 5.45. The lowest BCUT2D eigenvalue weighted by Crippen LogP contribution is -2.26. The van der Waals surface area contributed by atoms with Gasteiger partial charge in [-0.3, -0.25) is 0 Å². The molecule has 0 radical (unpaired) electrons. The molecule has 0 aromatic heterocycles. The Bertz CT molecular complexity index is 1070. The number of hydrogen-bond donors (Lipinski definition) is 1. The highest BCUT2D eigenvalue weighted by Gasteiger charge is 2.19. The number of phenolic OH excluding ortho intramolecular Hbond substituents is 1. The van der Waals surface area contributed by atoms with Crippen LogP contribution in [0.3, 0.4) is 0 Å². The van der Waals surface area contributed by atoms with E-state index in [1.165, 1.54) is 28.4 Å². The quantitative estimate of drug-likeness (QED) is 0.385. The van der Waals surface area contributed by atoms with Gasteiger partial charge in [-0.15, -0.1) is 0 Å². The minimum absolute atomic E-state index is 0.200. The molecular formula is C29H34O8. The second-order valence-electron chi connectivity index (χ2n) is 7.99. The molecule has 0 saturated carbocycles. The van der Waals surface area contributed by atoms with Crippen molar-refractivity contribution >= 4 is 11.9 Å². The largest absolute Gasteiger partial charge is 0.508 e. The first kappa shape index (κ1) is 29.4. The van der Waals surface area contributed by atoms with E-state index in [1.807, 2.05) is 54.6 Å². The third-order valence-corrected chi connectivity index (χ3v) is 5.45. The molecule has 2 atom stereocenters. The first-order valence-electron chi connectivity index (χ1n) is 11.6. The number of esters is 2. The summed E-state index contributed by atoms with van der Waals surface area (Å²) < 4.78 is 25.1. The summed E-state index contributed by atoms with van der Waals surface area (Å²) in [7, 11) is 5.64. The van der Waals surface area contributed by atoms with Crippen molar-refractivity contribution in [2.75, 3.05) is 28.4 Å². The normalized spacial score (nSPS) is 11.9. The van der Waals surface area contributed by atoms with Gasteiger partial charge in [0.15, 0.2) is 12.2 Å². The van der Waals surface area contributed by atoms with Gasteiger partial charge in [0.2, 0.25) is 0 Å². The summed E-state index contributed by atoms with van der Waals surface area (Å²) in [5, 5.41) is 9.08. The van der Waals surface area contributed by atoms with Gasteiger partial charge in [0, 0.05) is 27.1 Å². The highest BCUT2D eigenvalue weighted by molar-refractivity contribution is 5.75. The van der Waals surface area contributed by atoms with Crippen LogP contribution in [0.2, 0.25) is 0 Å². The van der Waals surface area contributed by atoms with Crippen LogP contribution in [0.1, 0.15) is 16.7 Å². The Morgan fingerprint density at radius 2 is 1.11 bits per heavy atom. The van der Waals surface area contributed by atoms with Crippen molar-refractivity contribution in [2.24, 2.45) is 0 Å². The number of methoxy groups -OCH3 is 4. The zero-order valence-corrected chi connectivity index (χ0v) is 21.6. The fourth-order valence-corrected chi connectivity index (χ4v) is 3.31. The van der Waals surface area contributed by atoms with Gasteiger partial charge in [-0.1, -0.05) is 54.6 Å². The fourth-order valence-electron chi connectivity index (χ4n) is 3.31. The van der Waals surface area contributed by atoms with Crippen LogP contribution in [-0.4, -0.2) is 57.7 Å². The number of carbonyl (C=O) groups is 2. The molecule has 1 N–H and O–H groups in total. The van der Waals surface area contributed by atoms with E-state index in [9.17, 15) is 9.59 Å². The molecule has 8 nitrogen and oxygen atoms in total. The lowest BCUT2D eigenvalue weighted by atomic mass is 10.1. The molecule has 0 saturated heterocycles. The minimum atomic E-state index is -0.598. The fraction of sp³-hybridized carbons (Fsp3) is 0.310. The van der Waals surface area contributed by atoms with Crippen LogP contribution >= 0.6 is 0 Å². The summed E-state index contributed by atoms with van der Waals surface area (Å²) in [6.07, 6.45) is -0.272. The lowest BCUT2D eigenvalue weighted by Gasteiger charge is -2.13. The molecule has 3 aromatic carbocycles. The van der Waals surface area contributed by atoms with Crippen LogP contribution in [0.4, 0.5) is 0 Å². The minimum Gasteiger partial charge on any atom is -0.508 e. The van der Waals surface area contributed by atoms with Crippen LogP contribution in [0.25, 0.3) is 0 Å². The van der Waals surface area contributed by atoms with E-state index in [2.05, 4.69) is 4.74 Å². The molecule has 198 valence electrons. The van der Waals surface area contributed by atoms with Crippen LogP contribution < -0.4 is 4.74 Å². The van der Waals surface area contributed by atoms with E-state index in [1.54, 1.807) is 24.3 Å². The molecule has 0 bridgehead atoms. The van der Waals surface area contributed by atoms with Crippen molar-refractivity contribution in [3.63, 3.8) is 0 Å². The van der Waals surface area contributed by atoms with Crippen LogP contribution in [-0.2, 0) is 48.0 Å². The standard InChI is InChI=1S/C18H20O4.C11H14O4/c1-20-17(18(19)21-2)12-14-8-10-16(11-9-14)22-13-15-6-4-3-5-7-15;1-14-10(11(13)15-2)7-8-3-5-9(12)6-4-8/h3-11,17H,12-13H2,1-2H3;3-6,10,12H,7H2,1-2H3. The smallest absolute Gasteiger partial charge is 0.335 e. The summed E-state index contributed by atoms with van der Waals surface area (Å²) in [5.74, 6) is 0.225. The first-order valence-corrected chi connectivity index (χ1v) is 11.6. The van der Waals surface area contributed by atoms with Crippen molar-refractivity contribution < 1.29 is 38.4 Å². The van der Waals surface area contributed by atoms with Gasteiger partial charge < -0.3 is 28.8 Å². The maximum atomic E-state index is 11.5. The number of phenols is 1. The van der Waals surface area contributed by atoms with E-state index in [-0.39, 0.29) is 11.7 Å². The molecule has 0 spiro atoms. The van der Waals surface area contributed by atoms with E-state index in [4.69, 9.17) is 24.1 Å². The molecule has 0 amide bonds. The SMILES string of the molecule is COC(=O)C(Cc1ccc(O)cc1)OC.COC(=O)C(Cc1ccc(OCc2ccccc2)cc1)OC. The molecule has 0 aliphatic heterocycles. The zero-order chi connectivity index (χ0) is 27.0. The average Bonchev–Trinajstić information content (AvgIpc) is 2.95. The molecule has 3 rings (SSSR count). The van der Waals surface area contributed by atoms with Gasteiger partial charge in [0.05, 0.1) is 14.2 Å². The topological polar surface area (TPSA) is 101 Å². The van der Waals surface area contributed by atoms with E-state index in [0.717, 1.165) is 22.4 Å². The Labute approximate surface area is 217 Å². The Balaban J connectivity index is 0.000000281. The lowest BCUT2D eigenvalue weighted by molar-refractivity contribution is -0.152. The van der Waals surface area contributed by atoms with E-state index < -0.39 is 18.2 Å². The van der Waals surface area contributed by atoms with Crippen molar-refractivity contribution in [1.29, 1.82) is 0 Å². The highest BCUT2D eigenvalue weighted by atomic mass is 16.6. The summed E-state index contributed by atoms with van der Waals surface area (Å²) in [5.41, 5.74) is 3.02. The van der Waals surface area contributed by atoms with Crippen molar-refractivity contribution in [2.45, 2.75) is 31.7 Å². The molecule has 0 aliphatic carbocycles. The third kappa shape index (κ3) is 10.3. The van der Waals surface area contributed by atoms with Crippen LogP contribution in [0.5, 0.6) is 11.5 Å². The second kappa shape index (κ2) is 16.0. The predicted molar refractivity (Wildman–Crippen MR) is 138 cm³/mol. The summed E-state index contributed by atoms with van der Waals surface area (Å²) in [6.45, 7) is 0.531. The van der Waals surface area contributed by atoms with Gasteiger partial charge in [-0.25, -0.2) is 9.59 Å². The Morgan fingerprint density at radius 3 is 1.54 bits per heavy atom. The van der Waals surface area contributed by atoms with Crippen molar-refractivity contribution in [3.05, 3.63) is 95.6 Å². The molecule has 0 fully saturated rings. The van der Waals surface area contributed by atoms with Gasteiger partial charge in [-0.05, 0) is 41.0 Å². The molecule has 0 heterocycles. The number of hydrogen-bond acceptors (Lipinski definition) is 8. The monoisotopic (exact) mass is 510 g/mol. The van der Waals surface area contributed by atoms with Crippen molar-refractivity contribution in [3.8, 4) is 11.5 Å². The predicted octanol–water partition coefficient (Wildman–Crippen LogP) is 4.12. The molecule has 37 heavy (non-hydrogen) atoms. The first-order chi connectivity index (χ1) is 17.9. The van der Waals surface area contributed by atoms with E-state index >= 15 is 0 Å². The Morgan fingerprint density at radius 1 is 0.649 bits per heavy atom. The average molecular weight is 511 g/mol. The van der Waals surface area contributed by atoms with Gasteiger partial charge >= 0.3 is 11.9 Å². The zero-order valence-electron chi connectivity index (χ0n) is 21.6. The van der Waals surface area contributed by atoms with Crippen LogP contribution in [0.15, 0.2) is 78.9 Å². The number of aromatic hydroxyl groups is 1. The van der Waals surface area contributed by atoms with Crippen LogP contribution in [0, 0.1) is 0 Å². The number of carbonyl (C=O) groups excluding carboxylic acids is 2. The molecular weight excluding hydrogens is 476 g/mol. The summed E-state index contributed by atoms with van der Waals surface area (Å²) in [6, 6.07) is 24.2. The number of ether oxygens (including phenoxy) is 5. The number of benzene rings is 3. The maximum Gasteiger partial charge on any atom is 0.335 e. The Hall–Kier alpha value is -3.88. The number of rotatable bonds is 11. The second-order valence-corrected chi connectivity index (χ2v) is 7.99. The van der Waals surface area contributed by atoms with Gasteiger partial charge in [0.1, 0.15) is 18.1 Å². The summed E-state index contributed by atoms with van der Waals surface area (Å²) in [4.78, 5) is 22.7. The molecule has 0 aliphatic rings. The van der Waals surface area contributed by atoms with E-state index in [0.29, 0.717) is 19.4 Å². The molecule has 3 aromatic rings. The van der Waals surface area contributed by atoms with Crippen molar-refractivity contribution in [1.82, 2.24) is 0 Å².